The van der Waals surface area contributed by atoms with Gasteiger partial charge < -0.3 is 5.32 Å². The van der Waals surface area contributed by atoms with E-state index >= 15 is 0 Å². The zero-order chi connectivity index (χ0) is 13.1. The van der Waals surface area contributed by atoms with E-state index in [1.54, 1.807) is 11.3 Å². The van der Waals surface area contributed by atoms with E-state index in [2.05, 4.69) is 72.1 Å². The number of halogens is 2. The minimum absolute atomic E-state index is 0.235. The van der Waals surface area contributed by atoms with Crippen molar-refractivity contribution in [1.82, 2.24) is 5.32 Å². The van der Waals surface area contributed by atoms with E-state index in [1.807, 2.05) is 0 Å². The normalized spacial score (nSPS) is 12.7. The highest BCUT2D eigenvalue weighted by Gasteiger charge is 2.18. The molecule has 0 radical (unpaired) electrons. The van der Waals surface area contributed by atoms with Crippen LogP contribution in [0.2, 0.25) is 4.34 Å². The fraction of sp³-hybridized carbons (Fsp3) is 0.286. The van der Waals surface area contributed by atoms with E-state index in [-0.39, 0.29) is 6.04 Å². The predicted molar refractivity (Wildman–Crippen MR) is 88.7 cm³/mol. The van der Waals surface area contributed by atoms with Crippen LogP contribution in [0.25, 0.3) is 0 Å². The average molecular weight is 392 g/mol. The zero-order valence-corrected chi connectivity index (χ0v) is 14.1. The zero-order valence-electron chi connectivity index (χ0n) is 10.3. The Kier molecular flexibility index (Phi) is 5.06. The van der Waals surface area contributed by atoms with Crippen LogP contribution in [0.5, 0.6) is 0 Å². The van der Waals surface area contributed by atoms with Gasteiger partial charge in [-0.25, -0.2) is 0 Å². The Hall–Kier alpha value is -0.100. The number of hydrogen-bond donors (Lipinski definition) is 1. The molecule has 1 unspecified atom stereocenters. The van der Waals surface area contributed by atoms with Crippen LogP contribution in [-0.2, 0) is 0 Å². The first-order valence-electron chi connectivity index (χ1n) is 5.87. The second-order valence-corrected chi connectivity index (χ2v) is 6.97. The number of hydrogen-bond acceptors (Lipinski definition) is 2. The van der Waals surface area contributed by atoms with E-state index in [0.29, 0.717) is 0 Å². The van der Waals surface area contributed by atoms with E-state index in [1.165, 1.54) is 14.0 Å². The van der Waals surface area contributed by atoms with Crippen LogP contribution in [0.15, 0.2) is 30.3 Å². The Labute approximate surface area is 131 Å². The highest BCUT2D eigenvalue weighted by atomic mass is 127. The Morgan fingerprint density at radius 3 is 2.67 bits per heavy atom. The molecule has 18 heavy (non-hydrogen) atoms. The van der Waals surface area contributed by atoms with Crippen molar-refractivity contribution in [3.8, 4) is 0 Å². The lowest BCUT2D eigenvalue weighted by Crippen LogP contribution is -2.21. The summed E-state index contributed by atoms with van der Waals surface area (Å²) in [6.45, 7) is 5.12. The number of thiophene rings is 1. The molecular weight excluding hydrogens is 377 g/mol. The van der Waals surface area contributed by atoms with Gasteiger partial charge in [-0.05, 0) is 59.3 Å². The fourth-order valence-corrected chi connectivity index (χ4v) is 3.91. The van der Waals surface area contributed by atoms with Crippen LogP contribution in [0, 0.1) is 10.5 Å². The molecule has 4 heteroatoms. The average Bonchev–Trinajstić information content (AvgIpc) is 2.68. The molecule has 1 N–H and O–H groups in total. The van der Waals surface area contributed by atoms with Gasteiger partial charge in [-0.15, -0.1) is 11.3 Å². The highest BCUT2D eigenvalue weighted by molar-refractivity contribution is 14.1. The molecule has 0 spiro atoms. The van der Waals surface area contributed by atoms with Crippen molar-refractivity contribution >= 4 is 45.5 Å². The first kappa shape index (κ1) is 14.3. The van der Waals surface area contributed by atoms with E-state index in [0.717, 1.165) is 16.4 Å². The van der Waals surface area contributed by atoms with Gasteiger partial charge in [0.15, 0.2) is 0 Å². The molecule has 0 amide bonds. The van der Waals surface area contributed by atoms with Gasteiger partial charge in [0.05, 0.1) is 10.4 Å². The molecule has 96 valence electrons. The maximum absolute atomic E-state index is 6.19. The van der Waals surface area contributed by atoms with Gasteiger partial charge >= 0.3 is 0 Å². The number of aryl methyl sites for hydroxylation is 1. The summed E-state index contributed by atoms with van der Waals surface area (Å²) in [5, 5.41) is 3.54. The largest absolute Gasteiger partial charge is 0.306 e. The van der Waals surface area contributed by atoms with Gasteiger partial charge in [0, 0.05) is 8.45 Å². The summed E-state index contributed by atoms with van der Waals surface area (Å²) in [4.78, 5) is 1.28. The number of benzene rings is 1. The molecule has 0 aliphatic heterocycles. The Morgan fingerprint density at radius 1 is 1.39 bits per heavy atom. The Bertz CT molecular complexity index is 519. The molecule has 0 saturated heterocycles. The predicted octanol–water partition coefficient (Wildman–Crippen LogP) is 5.01. The van der Waals surface area contributed by atoms with E-state index in [9.17, 15) is 0 Å². The molecule has 0 aliphatic carbocycles. The molecule has 1 aromatic heterocycles. The van der Waals surface area contributed by atoms with Gasteiger partial charge in [0.2, 0.25) is 0 Å². The smallest absolute Gasteiger partial charge is 0.0961 e. The monoisotopic (exact) mass is 391 g/mol. The van der Waals surface area contributed by atoms with Crippen molar-refractivity contribution in [2.45, 2.75) is 19.9 Å². The minimum Gasteiger partial charge on any atom is -0.306 e. The third-order valence-corrected chi connectivity index (χ3v) is 5.39. The summed E-state index contributed by atoms with van der Waals surface area (Å²) in [6, 6.07) is 10.9. The van der Waals surface area contributed by atoms with Crippen molar-refractivity contribution in [2.75, 3.05) is 6.54 Å². The SMILES string of the molecule is CCNC(c1cc(C)c(Cl)s1)c1ccccc1I. The van der Waals surface area contributed by atoms with Crippen molar-refractivity contribution < 1.29 is 0 Å². The molecule has 2 aromatic rings. The molecular formula is C14H15ClINS. The standard InChI is InChI=1S/C14H15ClINS/c1-3-17-13(10-6-4-5-7-11(10)16)12-8-9(2)14(15)18-12/h4-8,13,17H,3H2,1-2H3. The molecule has 2 rings (SSSR count). The van der Waals surface area contributed by atoms with Crippen LogP contribution >= 0.6 is 45.5 Å². The lowest BCUT2D eigenvalue weighted by molar-refractivity contribution is 0.637. The number of nitrogens with one attached hydrogen (secondary N) is 1. The maximum Gasteiger partial charge on any atom is 0.0961 e. The summed E-state index contributed by atoms with van der Waals surface area (Å²) in [5.74, 6) is 0. The third kappa shape index (κ3) is 3.07. The molecule has 0 saturated carbocycles. The molecule has 1 aromatic carbocycles. The Balaban J connectivity index is 2.43. The minimum atomic E-state index is 0.235. The topological polar surface area (TPSA) is 12.0 Å². The van der Waals surface area contributed by atoms with Crippen LogP contribution < -0.4 is 5.32 Å². The summed E-state index contributed by atoms with van der Waals surface area (Å²) in [6.07, 6.45) is 0. The third-order valence-electron chi connectivity index (χ3n) is 2.79. The lowest BCUT2D eigenvalue weighted by Gasteiger charge is -2.18. The van der Waals surface area contributed by atoms with E-state index in [4.69, 9.17) is 11.6 Å². The molecule has 1 atom stereocenters. The Morgan fingerprint density at radius 2 is 2.11 bits per heavy atom. The lowest BCUT2D eigenvalue weighted by atomic mass is 10.1. The van der Waals surface area contributed by atoms with Crippen LogP contribution in [0.3, 0.4) is 0 Å². The van der Waals surface area contributed by atoms with Gasteiger partial charge in [-0.3, -0.25) is 0 Å². The number of rotatable bonds is 4. The summed E-state index contributed by atoms with van der Waals surface area (Å²) in [5.41, 5.74) is 2.48. The maximum atomic E-state index is 6.19. The second-order valence-electron chi connectivity index (χ2n) is 4.12. The molecule has 0 fully saturated rings. The van der Waals surface area contributed by atoms with Crippen molar-refractivity contribution in [3.63, 3.8) is 0 Å². The van der Waals surface area contributed by atoms with Crippen LogP contribution in [0.4, 0.5) is 0 Å². The summed E-state index contributed by atoms with van der Waals surface area (Å²) >= 11 is 10.2. The van der Waals surface area contributed by atoms with Gasteiger partial charge in [0.1, 0.15) is 0 Å². The molecule has 0 bridgehead atoms. The van der Waals surface area contributed by atoms with Gasteiger partial charge in [-0.2, -0.15) is 0 Å². The van der Waals surface area contributed by atoms with Crippen LogP contribution in [0.1, 0.15) is 29.0 Å². The molecule has 0 aliphatic rings. The van der Waals surface area contributed by atoms with Crippen molar-refractivity contribution in [1.29, 1.82) is 0 Å². The first-order chi connectivity index (χ1) is 8.63. The summed E-state index contributed by atoms with van der Waals surface area (Å²) in [7, 11) is 0. The van der Waals surface area contributed by atoms with Crippen molar-refractivity contribution in [2.24, 2.45) is 0 Å². The molecule has 1 heterocycles. The van der Waals surface area contributed by atoms with Crippen molar-refractivity contribution in [3.05, 3.63) is 54.2 Å². The van der Waals surface area contributed by atoms with E-state index < -0.39 is 0 Å². The van der Waals surface area contributed by atoms with Gasteiger partial charge in [0.25, 0.3) is 0 Å². The fourth-order valence-electron chi connectivity index (χ4n) is 1.90. The van der Waals surface area contributed by atoms with Gasteiger partial charge in [-0.1, -0.05) is 36.7 Å². The first-order valence-corrected chi connectivity index (χ1v) is 8.14. The molecule has 1 nitrogen and oxygen atoms in total. The second kappa shape index (κ2) is 6.37. The highest BCUT2D eigenvalue weighted by Crippen LogP contribution is 2.35. The summed E-state index contributed by atoms with van der Waals surface area (Å²) < 4.78 is 2.17. The van der Waals surface area contributed by atoms with Crippen LogP contribution in [-0.4, -0.2) is 6.54 Å². The quantitative estimate of drug-likeness (QED) is 0.722.